The third-order valence-electron chi connectivity index (χ3n) is 4.10. The first-order valence-corrected chi connectivity index (χ1v) is 7.43. The molecule has 0 aromatic carbocycles. The van der Waals surface area contributed by atoms with Crippen molar-refractivity contribution < 1.29 is 5.11 Å². The summed E-state index contributed by atoms with van der Waals surface area (Å²) in [6.07, 6.45) is 5.60. The maximum atomic E-state index is 10.6. The lowest BCUT2D eigenvalue weighted by molar-refractivity contribution is 0.0557. The summed E-state index contributed by atoms with van der Waals surface area (Å²) in [6.45, 7) is 4.91. The van der Waals surface area contributed by atoms with Gasteiger partial charge in [-0.2, -0.15) is 0 Å². The number of anilines is 2. The molecule has 1 aromatic heterocycles. The fraction of sp³-hybridized carbons (Fsp3) is 0.733. The van der Waals surface area contributed by atoms with Crippen molar-refractivity contribution in [3.05, 3.63) is 11.9 Å². The molecule has 0 radical (unpaired) electrons. The second-order valence-electron chi connectivity index (χ2n) is 6.15. The third kappa shape index (κ3) is 3.03. The zero-order valence-electron chi connectivity index (χ0n) is 13.0. The minimum atomic E-state index is -0.562. The van der Waals surface area contributed by atoms with Crippen molar-refractivity contribution in [3.63, 3.8) is 0 Å². The Kier molecular flexibility index (Phi) is 4.48. The molecule has 1 aromatic rings. The number of aliphatic hydroxyl groups is 1. The number of aromatic nitrogens is 2. The maximum Gasteiger partial charge on any atom is 0.137 e. The lowest BCUT2D eigenvalue weighted by atomic mass is 10.0. The number of hydrogen-bond donors (Lipinski definition) is 2. The van der Waals surface area contributed by atoms with Gasteiger partial charge in [-0.1, -0.05) is 26.7 Å². The zero-order chi connectivity index (χ0) is 14.8. The van der Waals surface area contributed by atoms with Crippen LogP contribution < -0.4 is 10.2 Å². The fourth-order valence-corrected chi connectivity index (χ4v) is 3.13. The molecule has 1 aliphatic rings. The van der Waals surface area contributed by atoms with Crippen molar-refractivity contribution in [2.24, 2.45) is 0 Å². The third-order valence-corrected chi connectivity index (χ3v) is 4.10. The Morgan fingerprint density at radius 1 is 1.35 bits per heavy atom. The monoisotopic (exact) mass is 278 g/mol. The molecule has 5 nitrogen and oxygen atoms in total. The molecular formula is C15H26N4O. The van der Waals surface area contributed by atoms with Gasteiger partial charge in [-0.15, -0.1) is 0 Å². The lowest BCUT2D eigenvalue weighted by Crippen LogP contribution is -2.40. The van der Waals surface area contributed by atoms with Gasteiger partial charge in [-0.05, 0) is 18.8 Å². The molecule has 2 N–H and O–H groups in total. The summed E-state index contributed by atoms with van der Waals surface area (Å²) in [6, 6.07) is 0. The second-order valence-corrected chi connectivity index (χ2v) is 6.15. The predicted molar refractivity (Wildman–Crippen MR) is 82.4 cm³/mol. The van der Waals surface area contributed by atoms with Gasteiger partial charge in [0.05, 0.1) is 5.60 Å². The Morgan fingerprint density at radius 2 is 2.00 bits per heavy atom. The van der Waals surface area contributed by atoms with Crippen molar-refractivity contribution in [1.82, 2.24) is 9.97 Å². The van der Waals surface area contributed by atoms with Crippen molar-refractivity contribution in [1.29, 1.82) is 0 Å². The number of hydrogen-bond acceptors (Lipinski definition) is 5. The van der Waals surface area contributed by atoms with Gasteiger partial charge >= 0.3 is 0 Å². The maximum absolute atomic E-state index is 10.6. The Balaban J connectivity index is 2.27. The standard InChI is InChI=1S/C15H26N4O/c1-11(2)12-13(16-3)17-10-18-14(12)19(4)9-15(20)7-5-6-8-15/h10-11,20H,5-9H2,1-4H3,(H,16,17,18). The summed E-state index contributed by atoms with van der Waals surface area (Å²) in [7, 11) is 3.88. The van der Waals surface area contributed by atoms with Crippen LogP contribution in [0.5, 0.6) is 0 Å². The topological polar surface area (TPSA) is 61.3 Å². The molecule has 1 fully saturated rings. The highest BCUT2D eigenvalue weighted by Crippen LogP contribution is 2.34. The molecule has 0 amide bonds. The van der Waals surface area contributed by atoms with Crippen molar-refractivity contribution in [2.75, 3.05) is 30.9 Å². The van der Waals surface area contributed by atoms with Gasteiger partial charge in [-0.3, -0.25) is 0 Å². The summed E-state index contributed by atoms with van der Waals surface area (Å²) < 4.78 is 0. The molecule has 0 spiro atoms. The first kappa shape index (κ1) is 15.0. The minimum absolute atomic E-state index is 0.328. The summed E-state index contributed by atoms with van der Waals surface area (Å²) in [5.41, 5.74) is 0.549. The van der Waals surface area contributed by atoms with Gasteiger partial charge in [0.25, 0.3) is 0 Å². The van der Waals surface area contributed by atoms with Gasteiger partial charge in [-0.25, -0.2) is 9.97 Å². The molecule has 1 aliphatic carbocycles. The second kappa shape index (κ2) is 5.95. The van der Waals surface area contributed by atoms with Crippen LogP contribution in [0, 0.1) is 0 Å². The van der Waals surface area contributed by atoms with Crippen LogP contribution in [0.1, 0.15) is 51.0 Å². The van der Waals surface area contributed by atoms with E-state index in [1.54, 1.807) is 6.33 Å². The van der Waals surface area contributed by atoms with Crippen LogP contribution in [0.4, 0.5) is 11.6 Å². The quantitative estimate of drug-likeness (QED) is 0.866. The number of nitrogens with one attached hydrogen (secondary N) is 1. The summed E-state index contributed by atoms with van der Waals surface area (Å²) in [5, 5.41) is 13.7. The van der Waals surface area contributed by atoms with Crippen LogP contribution in [0.15, 0.2) is 6.33 Å². The van der Waals surface area contributed by atoms with E-state index in [0.29, 0.717) is 12.5 Å². The van der Waals surface area contributed by atoms with E-state index in [9.17, 15) is 5.11 Å². The highest BCUT2D eigenvalue weighted by atomic mass is 16.3. The Bertz CT molecular complexity index is 455. The van der Waals surface area contributed by atoms with Gasteiger partial charge in [0, 0.05) is 26.2 Å². The summed E-state index contributed by atoms with van der Waals surface area (Å²) in [4.78, 5) is 10.8. The molecule has 1 heterocycles. The molecule has 5 heteroatoms. The average Bonchev–Trinajstić information content (AvgIpc) is 2.83. The van der Waals surface area contributed by atoms with Gasteiger partial charge in [0.1, 0.15) is 18.0 Å². The molecule has 0 bridgehead atoms. The molecular weight excluding hydrogens is 252 g/mol. The number of rotatable bonds is 5. The van der Waals surface area contributed by atoms with Crippen LogP contribution >= 0.6 is 0 Å². The number of likely N-dealkylation sites (N-methyl/N-ethyl adjacent to an activating group) is 1. The molecule has 1 saturated carbocycles. The highest BCUT2D eigenvalue weighted by Gasteiger charge is 2.33. The van der Waals surface area contributed by atoms with Crippen LogP contribution in [0.3, 0.4) is 0 Å². The van der Waals surface area contributed by atoms with E-state index in [-0.39, 0.29) is 0 Å². The summed E-state index contributed by atoms with van der Waals surface area (Å²) in [5.74, 6) is 2.12. The van der Waals surface area contributed by atoms with E-state index in [0.717, 1.165) is 42.9 Å². The van der Waals surface area contributed by atoms with E-state index in [2.05, 4.69) is 34.0 Å². The van der Waals surface area contributed by atoms with Crippen LogP contribution in [0.2, 0.25) is 0 Å². The highest BCUT2D eigenvalue weighted by molar-refractivity contribution is 5.59. The Labute approximate surface area is 121 Å². The SMILES string of the molecule is CNc1ncnc(N(C)CC2(O)CCCC2)c1C(C)C. The van der Waals surface area contributed by atoms with E-state index >= 15 is 0 Å². The molecule has 0 unspecified atom stereocenters. The first-order chi connectivity index (χ1) is 9.47. The van der Waals surface area contributed by atoms with Crippen LogP contribution in [-0.2, 0) is 0 Å². The smallest absolute Gasteiger partial charge is 0.137 e. The molecule has 2 rings (SSSR count). The van der Waals surface area contributed by atoms with Crippen LogP contribution in [-0.4, -0.2) is 41.3 Å². The van der Waals surface area contributed by atoms with Crippen molar-refractivity contribution in [3.8, 4) is 0 Å². The number of nitrogens with zero attached hydrogens (tertiary/aromatic N) is 3. The Morgan fingerprint density at radius 3 is 2.55 bits per heavy atom. The van der Waals surface area contributed by atoms with Gasteiger partial charge < -0.3 is 15.3 Å². The fourth-order valence-electron chi connectivity index (χ4n) is 3.13. The van der Waals surface area contributed by atoms with Gasteiger partial charge in [0.15, 0.2) is 0 Å². The first-order valence-electron chi connectivity index (χ1n) is 7.43. The van der Waals surface area contributed by atoms with E-state index in [4.69, 9.17) is 0 Å². The zero-order valence-corrected chi connectivity index (χ0v) is 13.0. The van der Waals surface area contributed by atoms with Crippen molar-refractivity contribution in [2.45, 2.75) is 51.0 Å². The predicted octanol–water partition coefficient (Wildman–Crippen LogP) is 2.38. The average molecular weight is 278 g/mol. The van der Waals surface area contributed by atoms with Crippen molar-refractivity contribution >= 4 is 11.6 Å². The van der Waals surface area contributed by atoms with Crippen LogP contribution in [0.25, 0.3) is 0 Å². The molecule has 20 heavy (non-hydrogen) atoms. The summed E-state index contributed by atoms with van der Waals surface area (Å²) >= 11 is 0. The van der Waals surface area contributed by atoms with E-state index in [1.165, 1.54) is 0 Å². The molecule has 112 valence electrons. The minimum Gasteiger partial charge on any atom is -0.388 e. The Hall–Kier alpha value is -1.36. The molecule has 0 aliphatic heterocycles. The normalized spacial score (nSPS) is 17.5. The van der Waals surface area contributed by atoms with E-state index in [1.807, 2.05) is 14.1 Å². The molecule has 0 atom stereocenters. The van der Waals surface area contributed by atoms with Gasteiger partial charge in [0.2, 0.25) is 0 Å². The molecule has 0 saturated heterocycles. The van der Waals surface area contributed by atoms with E-state index < -0.39 is 5.60 Å². The largest absolute Gasteiger partial charge is 0.388 e. The lowest BCUT2D eigenvalue weighted by Gasteiger charge is -2.31.